The number of hydrogen-bond donors (Lipinski definition) is 2. The molecule has 1 aliphatic heterocycles. The van der Waals surface area contributed by atoms with E-state index in [1.807, 2.05) is 20.8 Å². The Labute approximate surface area is 131 Å². The smallest absolute Gasteiger partial charge is 0.410 e. The van der Waals surface area contributed by atoms with Gasteiger partial charge in [-0.05, 0) is 46.5 Å². The largest absolute Gasteiger partial charge is 0.481 e. The molecule has 1 amide bonds. The van der Waals surface area contributed by atoms with Crippen LogP contribution in [0.25, 0.3) is 0 Å². The predicted octanol–water partition coefficient (Wildman–Crippen LogP) is 2.39. The quantitative estimate of drug-likeness (QED) is 0.817. The maximum Gasteiger partial charge on any atom is 0.410 e. The van der Waals surface area contributed by atoms with Crippen molar-refractivity contribution in [2.24, 2.45) is 5.41 Å². The number of aliphatic carboxylic acids is 1. The Balaban J connectivity index is 2.04. The standard InChI is InChI=1S/C16H27NO5/c1-14(2,3)22-13(20)17-10-8-16(21,9-11-17)15(12(18)19)6-4-5-7-15/h21H,4-11H2,1-3H3,(H,18,19). The van der Waals surface area contributed by atoms with E-state index in [2.05, 4.69) is 0 Å². The molecule has 0 aromatic carbocycles. The lowest BCUT2D eigenvalue weighted by Gasteiger charge is -2.47. The maximum absolute atomic E-state index is 12.1. The fourth-order valence-electron chi connectivity index (χ4n) is 3.72. The second-order valence-electron chi connectivity index (χ2n) is 7.59. The average molecular weight is 313 g/mol. The molecule has 2 rings (SSSR count). The molecule has 0 radical (unpaired) electrons. The van der Waals surface area contributed by atoms with E-state index in [0.29, 0.717) is 38.8 Å². The van der Waals surface area contributed by atoms with Crippen LogP contribution in [0.15, 0.2) is 0 Å². The van der Waals surface area contributed by atoms with Crippen LogP contribution >= 0.6 is 0 Å². The Morgan fingerprint density at radius 2 is 1.55 bits per heavy atom. The number of hydrogen-bond acceptors (Lipinski definition) is 4. The van der Waals surface area contributed by atoms with Crippen LogP contribution in [-0.4, -0.2) is 51.5 Å². The summed E-state index contributed by atoms with van der Waals surface area (Å²) in [7, 11) is 0. The molecule has 2 fully saturated rings. The molecular weight excluding hydrogens is 286 g/mol. The van der Waals surface area contributed by atoms with Crippen molar-refractivity contribution >= 4 is 12.1 Å². The second kappa shape index (κ2) is 5.72. The normalized spacial score (nSPS) is 24.1. The van der Waals surface area contributed by atoms with Crippen molar-refractivity contribution in [2.75, 3.05) is 13.1 Å². The number of nitrogens with zero attached hydrogens (tertiary/aromatic N) is 1. The Morgan fingerprint density at radius 3 is 1.95 bits per heavy atom. The first kappa shape index (κ1) is 17.1. The van der Waals surface area contributed by atoms with Crippen LogP contribution in [0.2, 0.25) is 0 Å². The van der Waals surface area contributed by atoms with Gasteiger partial charge in [-0.15, -0.1) is 0 Å². The molecule has 0 spiro atoms. The van der Waals surface area contributed by atoms with E-state index in [1.165, 1.54) is 0 Å². The summed E-state index contributed by atoms with van der Waals surface area (Å²) in [4.78, 5) is 25.4. The molecule has 2 N–H and O–H groups in total. The number of amides is 1. The van der Waals surface area contributed by atoms with Crippen molar-refractivity contribution in [1.29, 1.82) is 0 Å². The van der Waals surface area contributed by atoms with Gasteiger partial charge in [0.25, 0.3) is 0 Å². The first-order valence-corrected chi connectivity index (χ1v) is 8.03. The molecule has 2 aliphatic rings. The molecule has 6 nitrogen and oxygen atoms in total. The number of aliphatic hydroxyl groups is 1. The van der Waals surface area contributed by atoms with Gasteiger partial charge in [-0.3, -0.25) is 4.79 Å². The molecule has 0 unspecified atom stereocenters. The third-order valence-electron chi connectivity index (χ3n) is 5.00. The number of piperidine rings is 1. The van der Waals surface area contributed by atoms with Crippen molar-refractivity contribution in [3.63, 3.8) is 0 Å². The van der Waals surface area contributed by atoms with Crippen LogP contribution in [0.1, 0.15) is 59.3 Å². The predicted molar refractivity (Wildman–Crippen MR) is 80.5 cm³/mol. The van der Waals surface area contributed by atoms with Gasteiger partial charge in [0.2, 0.25) is 0 Å². The lowest BCUT2D eigenvalue weighted by atomic mass is 9.66. The number of carbonyl (C=O) groups is 2. The molecule has 6 heteroatoms. The van der Waals surface area contributed by atoms with Crippen molar-refractivity contribution in [3.8, 4) is 0 Å². The van der Waals surface area contributed by atoms with Crippen LogP contribution < -0.4 is 0 Å². The van der Waals surface area contributed by atoms with E-state index < -0.39 is 28.7 Å². The third-order valence-corrected chi connectivity index (χ3v) is 5.00. The molecule has 0 bridgehead atoms. The zero-order valence-corrected chi connectivity index (χ0v) is 13.7. The van der Waals surface area contributed by atoms with Crippen LogP contribution in [-0.2, 0) is 9.53 Å². The minimum Gasteiger partial charge on any atom is -0.481 e. The molecule has 1 heterocycles. The van der Waals surface area contributed by atoms with Gasteiger partial charge in [0.1, 0.15) is 5.60 Å². The minimum atomic E-state index is -1.23. The Kier molecular flexibility index (Phi) is 4.44. The number of carboxylic acid groups (broad SMARTS) is 1. The first-order valence-electron chi connectivity index (χ1n) is 8.03. The molecule has 1 aliphatic carbocycles. The molecule has 0 aromatic heterocycles. The van der Waals surface area contributed by atoms with Crippen molar-refractivity contribution in [1.82, 2.24) is 4.90 Å². The fraction of sp³-hybridized carbons (Fsp3) is 0.875. The molecule has 1 saturated heterocycles. The van der Waals surface area contributed by atoms with Gasteiger partial charge in [-0.25, -0.2) is 4.79 Å². The van der Waals surface area contributed by atoms with E-state index in [4.69, 9.17) is 4.74 Å². The third kappa shape index (κ3) is 3.07. The zero-order chi connectivity index (χ0) is 16.6. The lowest BCUT2D eigenvalue weighted by Crippen LogP contribution is -2.58. The van der Waals surface area contributed by atoms with E-state index >= 15 is 0 Å². The van der Waals surface area contributed by atoms with E-state index in [9.17, 15) is 19.8 Å². The van der Waals surface area contributed by atoms with Crippen LogP contribution in [0.4, 0.5) is 4.79 Å². The average Bonchev–Trinajstić information content (AvgIpc) is 2.88. The summed E-state index contributed by atoms with van der Waals surface area (Å²) in [6.45, 7) is 6.09. The number of likely N-dealkylation sites (tertiary alicyclic amines) is 1. The summed E-state index contributed by atoms with van der Waals surface area (Å²) in [6.07, 6.45) is 2.90. The van der Waals surface area contributed by atoms with Crippen LogP contribution in [0.3, 0.4) is 0 Å². The summed E-state index contributed by atoms with van der Waals surface area (Å²) >= 11 is 0. The summed E-state index contributed by atoms with van der Waals surface area (Å²) in [5, 5.41) is 20.6. The summed E-state index contributed by atoms with van der Waals surface area (Å²) in [6, 6.07) is 0. The van der Waals surface area contributed by atoms with Crippen LogP contribution in [0.5, 0.6) is 0 Å². The zero-order valence-electron chi connectivity index (χ0n) is 13.7. The number of rotatable bonds is 2. The van der Waals surface area contributed by atoms with Gasteiger partial charge < -0.3 is 19.8 Å². The molecule has 22 heavy (non-hydrogen) atoms. The molecule has 126 valence electrons. The highest BCUT2D eigenvalue weighted by atomic mass is 16.6. The van der Waals surface area contributed by atoms with Gasteiger partial charge >= 0.3 is 12.1 Å². The molecule has 0 atom stereocenters. The number of ether oxygens (including phenoxy) is 1. The fourth-order valence-corrected chi connectivity index (χ4v) is 3.72. The van der Waals surface area contributed by atoms with Gasteiger partial charge in [-0.1, -0.05) is 12.8 Å². The summed E-state index contributed by atoms with van der Waals surface area (Å²) in [5.74, 6) is -0.904. The Hall–Kier alpha value is -1.30. The first-order chi connectivity index (χ1) is 10.1. The summed E-state index contributed by atoms with van der Waals surface area (Å²) < 4.78 is 5.33. The molecule has 0 aromatic rings. The lowest BCUT2D eigenvalue weighted by molar-refractivity contribution is -0.176. The van der Waals surface area contributed by atoms with Gasteiger partial charge in [-0.2, -0.15) is 0 Å². The monoisotopic (exact) mass is 313 g/mol. The van der Waals surface area contributed by atoms with E-state index in [1.54, 1.807) is 4.90 Å². The van der Waals surface area contributed by atoms with Crippen molar-refractivity contribution < 1.29 is 24.5 Å². The Bertz CT molecular complexity index is 440. The number of carboxylic acids is 1. The van der Waals surface area contributed by atoms with Crippen molar-refractivity contribution in [3.05, 3.63) is 0 Å². The van der Waals surface area contributed by atoms with Crippen molar-refractivity contribution in [2.45, 2.75) is 70.5 Å². The van der Waals surface area contributed by atoms with E-state index in [-0.39, 0.29) is 0 Å². The highest BCUT2D eigenvalue weighted by Gasteiger charge is 2.58. The second-order valence-corrected chi connectivity index (χ2v) is 7.59. The summed E-state index contributed by atoms with van der Waals surface area (Å²) in [5.41, 5.74) is -2.83. The van der Waals surface area contributed by atoms with Gasteiger partial charge in [0, 0.05) is 13.1 Å². The maximum atomic E-state index is 12.1. The van der Waals surface area contributed by atoms with Gasteiger partial charge in [0.15, 0.2) is 0 Å². The highest BCUT2D eigenvalue weighted by molar-refractivity contribution is 5.77. The topological polar surface area (TPSA) is 87.1 Å². The number of carbonyl (C=O) groups excluding carboxylic acids is 1. The Morgan fingerprint density at radius 1 is 1.05 bits per heavy atom. The van der Waals surface area contributed by atoms with E-state index in [0.717, 1.165) is 12.8 Å². The highest BCUT2D eigenvalue weighted by Crippen LogP contribution is 2.51. The molecule has 1 saturated carbocycles. The minimum absolute atomic E-state index is 0.290. The van der Waals surface area contributed by atoms with Crippen LogP contribution in [0, 0.1) is 5.41 Å². The molecular formula is C16H27NO5. The SMILES string of the molecule is CC(C)(C)OC(=O)N1CCC(O)(C2(C(=O)O)CCCC2)CC1. The van der Waals surface area contributed by atoms with Gasteiger partial charge in [0.05, 0.1) is 11.0 Å².